The van der Waals surface area contributed by atoms with Crippen molar-refractivity contribution in [2.24, 2.45) is 0 Å². The molecule has 2 heterocycles. The molecular weight excluding hydrogens is 250 g/mol. The van der Waals surface area contributed by atoms with Crippen LogP contribution in [0.15, 0.2) is 11.4 Å². The maximum Gasteiger partial charge on any atom is 0.142 e. The van der Waals surface area contributed by atoms with Gasteiger partial charge >= 0.3 is 0 Å². The number of anilines is 1. The summed E-state index contributed by atoms with van der Waals surface area (Å²) in [5.74, 6) is 2.69. The van der Waals surface area contributed by atoms with E-state index in [-0.39, 0.29) is 4.75 Å². The maximum absolute atomic E-state index is 4.59. The van der Waals surface area contributed by atoms with Gasteiger partial charge in [0.2, 0.25) is 0 Å². The topological polar surface area (TPSA) is 37.8 Å². The lowest BCUT2D eigenvalue weighted by Gasteiger charge is -2.16. The van der Waals surface area contributed by atoms with Crippen LogP contribution in [-0.2, 0) is 5.75 Å². The van der Waals surface area contributed by atoms with Crippen LogP contribution in [0.1, 0.15) is 26.6 Å². The van der Waals surface area contributed by atoms with Gasteiger partial charge in [0.1, 0.15) is 16.5 Å². The Kier molecular flexibility index (Phi) is 3.58. The van der Waals surface area contributed by atoms with Crippen LogP contribution in [0.5, 0.6) is 0 Å². The quantitative estimate of drug-likeness (QED) is 0.918. The molecule has 0 aliphatic carbocycles. The smallest absolute Gasteiger partial charge is 0.142 e. The number of rotatable bonds is 3. The third-order valence-corrected chi connectivity index (χ3v) is 4.32. The summed E-state index contributed by atoms with van der Waals surface area (Å²) in [4.78, 5) is 10.2. The lowest BCUT2D eigenvalue weighted by atomic mass is 10.3. The molecule has 0 spiro atoms. The van der Waals surface area contributed by atoms with E-state index in [1.807, 2.05) is 18.8 Å². The molecule has 2 rings (SSSR count). The summed E-state index contributed by atoms with van der Waals surface area (Å²) in [6, 6.07) is 2.06. The maximum atomic E-state index is 4.59. The van der Waals surface area contributed by atoms with Crippen molar-refractivity contribution in [3.8, 4) is 0 Å². The van der Waals surface area contributed by atoms with Crippen molar-refractivity contribution < 1.29 is 0 Å². The van der Waals surface area contributed by atoms with E-state index in [1.165, 1.54) is 0 Å². The summed E-state index contributed by atoms with van der Waals surface area (Å²) >= 11 is 3.53. The second-order valence-corrected chi connectivity index (χ2v) is 7.48. The van der Waals surface area contributed by atoms with Gasteiger partial charge in [0.05, 0.1) is 11.1 Å². The summed E-state index contributed by atoms with van der Waals surface area (Å²) in [7, 11) is 1.90. The van der Waals surface area contributed by atoms with Crippen molar-refractivity contribution in [1.29, 1.82) is 0 Å². The van der Waals surface area contributed by atoms with Crippen molar-refractivity contribution in [2.45, 2.75) is 31.3 Å². The molecule has 1 N–H and O–H groups in total. The van der Waals surface area contributed by atoms with Crippen LogP contribution in [0.3, 0.4) is 0 Å². The van der Waals surface area contributed by atoms with Gasteiger partial charge in [-0.05, 0) is 11.4 Å². The lowest BCUT2D eigenvalue weighted by Crippen LogP contribution is -2.09. The van der Waals surface area contributed by atoms with Crippen LogP contribution in [0.25, 0.3) is 10.2 Å². The van der Waals surface area contributed by atoms with E-state index in [2.05, 4.69) is 47.5 Å². The second kappa shape index (κ2) is 4.82. The highest BCUT2D eigenvalue weighted by Gasteiger charge is 2.13. The molecule has 0 radical (unpaired) electrons. The van der Waals surface area contributed by atoms with Crippen LogP contribution < -0.4 is 5.32 Å². The average molecular weight is 267 g/mol. The van der Waals surface area contributed by atoms with Gasteiger partial charge in [-0.25, -0.2) is 9.97 Å². The predicted molar refractivity (Wildman–Crippen MR) is 78.0 cm³/mol. The minimum Gasteiger partial charge on any atom is -0.372 e. The summed E-state index contributed by atoms with van der Waals surface area (Å²) in [6.45, 7) is 6.63. The number of thiophene rings is 1. The number of nitrogens with zero attached hydrogens (tertiary/aromatic N) is 2. The Bertz CT molecular complexity index is 514. The molecule has 0 fully saturated rings. The predicted octanol–water partition coefficient (Wildman–Crippen LogP) is 3.76. The van der Waals surface area contributed by atoms with Crippen LogP contribution in [-0.4, -0.2) is 21.8 Å². The van der Waals surface area contributed by atoms with E-state index >= 15 is 0 Å². The molecule has 0 amide bonds. The van der Waals surface area contributed by atoms with Crippen LogP contribution in [0, 0.1) is 0 Å². The summed E-state index contributed by atoms with van der Waals surface area (Å²) in [6.07, 6.45) is 0. The van der Waals surface area contributed by atoms with Gasteiger partial charge in [-0.3, -0.25) is 0 Å². The highest BCUT2D eigenvalue weighted by molar-refractivity contribution is 7.99. The molecule has 0 bridgehead atoms. The molecule has 0 saturated heterocycles. The van der Waals surface area contributed by atoms with Gasteiger partial charge in [-0.2, -0.15) is 0 Å². The SMILES string of the molecule is CNc1nc(CSC(C)(C)C)nc2sccc12. The Morgan fingerprint density at radius 1 is 1.35 bits per heavy atom. The first-order valence-corrected chi connectivity index (χ1v) is 7.42. The van der Waals surface area contributed by atoms with Gasteiger partial charge < -0.3 is 5.32 Å². The fourth-order valence-corrected chi connectivity index (χ4v) is 2.91. The summed E-state index contributed by atoms with van der Waals surface area (Å²) < 4.78 is 0.244. The van der Waals surface area contributed by atoms with E-state index < -0.39 is 0 Å². The molecule has 0 atom stereocenters. The van der Waals surface area contributed by atoms with Crippen molar-refractivity contribution in [1.82, 2.24) is 9.97 Å². The van der Waals surface area contributed by atoms with Gasteiger partial charge in [-0.15, -0.1) is 23.1 Å². The van der Waals surface area contributed by atoms with Gasteiger partial charge in [0.15, 0.2) is 0 Å². The molecule has 0 unspecified atom stereocenters. The molecule has 2 aromatic heterocycles. The lowest BCUT2D eigenvalue weighted by molar-refractivity contribution is 0.800. The molecule has 92 valence electrons. The molecule has 0 aliphatic rings. The summed E-state index contributed by atoms with van der Waals surface area (Å²) in [5, 5.41) is 6.31. The molecular formula is C12H17N3S2. The summed E-state index contributed by atoms with van der Waals surface area (Å²) in [5.41, 5.74) is 0. The zero-order chi connectivity index (χ0) is 12.5. The third kappa shape index (κ3) is 3.10. The van der Waals surface area contributed by atoms with Gasteiger partial charge in [0.25, 0.3) is 0 Å². The molecule has 0 aliphatic heterocycles. The molecule has 5 heteroatoms. The Morgan fingerprint density at radius 2 is 2.12 bits per heavy atom. The highest BCUT2D eigenvalue weighted by Crippen LogP contribution is 2.29. The van der Waals surface area contributed by atoms with Crippen LogP contribution >= 0.6 is 23.1 Å². The first kappa shape index (κ1) is 12.6. The van der Waals surface area contributed by atoms with Crippen LogP contribution in [0.2, 0.25) is 0 Å². The molecule has 17 heavy (non-hydrogen) atoms. The molecule has 2 aromatic rings. The Labute approximate surface area is 110 Å². The van der Waals surface area contributed by atoms with Gasteiger partial charge in [0, 0.05) is 11.8 Å². The van der Waals surface area contributed by atoms with E-state index in [4.69, 9.17) is 0 Å². The van der Waals surface area contributed by atoms with E-state index in [0.717, 1.165) is 27.6 Å². The minimum absolute atomic E-state index is 0.244. The normalized spacial score (nSPS) is 12.0. The number of fused-ring (bicyclic) bond motifs is 1. The van der Waals surface area contributed by atoms with Crippen LogP contribution in [0.4, 0.5) is 5.82 Å². The number of aromatic nitrogens is 2. The van der Waals surface area contributed by atoms with E-state index in [1.54, 1.807) is 11.3 Å². The number of hydrogen-bond acceptors (Lipinski definition) is 5. The third-order valence-electron chi connectivity index (χ3n) is 2.24. The number of thioether (sulfide) groups is 1. The van der Waals surface area contributed by atoms with E-state index in [9.17, 15) is 0 Å². The van der Waals surface area contributed by atoms with Gasteiger partial charge in [-0.1, -0.05) is 20.8 Å². The Morgan fingerprint density at radius 3 is 2.76 bits per heavy atom. The Balaban J connectivity index is 2.29. The standard InChI is InChI=1S/C12H17N3S2/c1-12(2,3)17-7-9-14-10(13-4)8-5-6-16-11(8)15-9/h5-6H,7H2,1-4H3,(H,13,14,15). The highest BCUT2D eigenvalue weighted by atomic mass is 32.2. The zero-order valence-corrected chi connectivity index (χ0v) is 12.2. The van der Waals surface area contributed by atoms with Crippen molar-refractivity contribution in [3.05, 3.63) is 17.3 Å². The average Bonchev–Trinajstić information content (AvgIpc) is 2.72. The Hall–Kier alpha value is -0.810. The molecule has 3 nitrogen and oxygen atoms in total. The first-order chi connectivity index (χ1) is 7.99. The van der Waals surface area contributed by atoms with Crippen molar-refractivity contribution in [2.75, 3.05) is 12.4 Å². The first-order valence-electron chi connectivity index (χ1n) is 5.55. The number of hydrogen-bond donors (Lipinski definition) is 1. The molecule has 0 aromatic carbocycles. The number of nitrogens with one attached hydrogen (secondary N) is 1. The monoisotopic (exact) mass is 267 g/mol. The molecule has 0 saturated carbocycles. The fraction of sp³-hybridized carbons (Fsp3) is 0.500. The minimum atomic E-state index is 0.244. The largest absolute Gasteiger partial charge is 0.372 e. The fourth-order valence-electron chi connectivity index (χ4n) is 1.44. The van der Waals surface area contributed by atoms with E-state index in [0.29, 0.717) is 0 Å². The van der Waals surface area contributed by atoms with Crippen molar-refractivity contribution in [3.63, 3.8) is 0 Å². The van der Waals surface area contributed by atoms with Crippen molar-refractivity contribution >= 4 is 39.1 Å². The second-order valence-electron chi connectivity index (χ2n) is 4.78. The zero-order valence-electron chi connectivity index (χ0n) is 10.6.